The van der Waals surface area contributed by atoms with Crippen LogP contribution in [0, 0.1) is 16.0 Å². The van der Waals surface area contributed by atoms with Gasteiger partial charge in [-0.1, -0.05) is 12.8 Å². The van der Waals surface area contributed by atoms with Crippen LogP contribution in [-0.4, -0.2) is 16.1 Å². The van der Waals surface area contributed by atoms with Crippen LogP contribution in [0.1, 0.15) is 32.6 Å². The Balaban J connectivity index is 2.15. The maximum Gasteiger partial charge on any atom is 0.296 e. The first kappa shape index (κ1) is 12.7. The number of hydrogen-bond donors (Lipinski definition) is 2. The Labute approximate surface area is 106 Å². The minimum atomic E-state index is -0.469. The number of nitrogens with one attached hydrogen (secondary N) is 1. The molecule has 0 amide bonds. The van der Waals surface area contributed by atoms with Crippen LogP contribution >= 0.6 is 0 Å². The standard InChI is InChI=1S/C13H18N2O3/c1-9(10-4-2-3-5-10)14-12-7-6-11(16)8-13(12)15(17)18/h6-10,14,16H,2-5H2,1H3. The number of nitro benzene ring substituents is 1. The summed E-state index contributed by atoms with van der Waals surface area (Å²) in [5, 5.41) is 23.4. The van der Waals surface area contributed by atoms with Crippen molar-refractivity contribution in [2.24, 2.45) is 5.92 Å². The molecule has 0 saturated heterocycles. The zero-order chi connectivity index (χ0) is 13.1. The maximum absolute atomic E-state index is 10.9. The lowest BCUT2D eigenvalue weighted by molar-refractivity contribution is -0.384. The van der Waals surface area contributed by atoms with Gasteiger partial charge in [-0.05, 0) is 37.8 Å². The van der Waals surface area contributed by atoms with E-state index in [0.717, 1.165) is 0 Å². The van der Waals surface area contributed by atoms with Crippen LogP contribution in [0.2, 0.25) is 0 Å². The van der Waals surface area contributed by atoms with Crippen molar-refractivity contribution in [3.05, 3.63) is 28.3 Å². The van der Waals surface area contributed by atoms with E-state index in [1.165, 1.54) is 37.8 Å². The van der Waals surface area contributed by atoms with Crippen LogP contribution in [0.3, 0.4) is 0 Å². The summed E-state index contributed by atoms with van der Waals surface area (Å²) in [6.07, 6.45) is 4.85. The molecule has 2 rings (SSSR count). The van der Waals surface area contributed by atoms with E-state index >= 15 is 0 Å². The molecular formula is C13H18N2O3. The van der Waals surface area contributed by atoms with Crippen LogP contribution in [0.25, 0.3) is 0 Å². The number of aromatic hydroxyl groups is 1. The number of anilines is 1. The fourth-order valence-electron chi connectivity index (χ4n) is 2.61. The first-order valence-electron chi connectivity index (χ1n) is 6.32. The third-order valence-electron chi connectivity index (χ3n) is 3.67. The lowest BCUT2D eigenvalue weighted by Crippen LogP contribution is -2.24. The van der Waals surface area contributed by atoms with E-state index in [4.69, 9.17) is 0 Å². The zero-order valence-electron chi connectivity index (χ0n) is 10.4. The van der Waals surface area contributed by atoms with E-state index in [2.05, 4.69) is 12.2 Å². The zero-order valence-corrected chi connectivity index (χ0v) is 10.4. The van der Waals surface area contributed by atoms with Crippen molar-refractivity contribution in [3.8, 4) is 5.75 Å². The molecule has 1 unspecified atom stereocenters. The van der Waals surface area contributed by atoms with E-state index < -0.39 is 4.92 Å². The molecule has 0 heterocycles. The quantitative estimate of drug-likeness (QED) is 0.488. The summed E-state index contributed by atoms with van der Waals surface area (Å²) < 4.78 is 0. The van der Waals surface area contributed by atoms with Crippen molar-refractivity contribution < 1.29 is 10.0 Å². The Hall–Kier alpha value is -1.78. The highest BCUT2D eigenvalue weighted by atomic mass is 16.6. The summed E-state index contributed by atoms with van der Waals surface area (Å²) in [4.78, 5) is 10.5. The van der Waals surface area contributed by atoms with Crippen molar-refractivity contribution in [2.75, 3.05) is 5.32 Å². The molecule has 0 radical (unpaired) electrons. The lowest BCUT2D eigenvalue weighted by Gasteiger charge is -2.21. The van der Waals surface area contributed by atoms with Crippen LogP contribution in [-0.2, 0) is 0 Å². The Kier molecular flexibility index (Phi) is 3.69. The number of rotatable bonds is 4. The Morgan fingerprint density at radius 3 is 2.72 bits per heavy atom. The van der Waals surface area contributed by atoms with Crippen LogP contribution in [0.15, 0.2) is 18.2 Å². The van der Waals surface area contributed by atoms with Crippen LogP contribution in [0.4, 0.5) is 11.4 Å². The SMILES string of the molecule is CC(Nc1ccc(O)cc1[N+](=O)[O-])C1CCCC1. The minimum Gasteiger partial charge on any atom is -0.508 e. The van der Waals surface area contributed by atoms with Crippen molar-refractivity contribution in [1.29, 1.82) is 0 Å². The Bertz CT molecular complexity index is 442. The molecule has 1 saturated carbocycles. The highest BCUT2D eigenvalue weighted by Gasteiger charge is 2.23. The van der Waals surface area contributed by atoms with Gasteiger partial charge in [0.25, 0.3) is 5.69 Å². The first-order valence-corrected chi connectivity index (χ1v) is 6.32. The number of nitro groups is 1. The van der Waals surface area contributed by atoms with Gasteiger partial charge in [-0.2, -0.15) is 0 Å². The van der Waals surface area contributed by atoms with Crippen molar-refractivity contribution in [2.45, 2.75) is 38.6 Å². The Morgan fingerprint density at radius 1 is 1.44 bits per heavy atom. The number of hydrogen-bond acceptors (Lipinski definition) is 4. The molecule has 2 N–H and O–H groups in total. The van der Waals surface area contributed by atoms with Crippen LogP contribution in [0.5, 0.6) is 5.75 Å². The second kappa shape index (κ2) is 5.25. The summed E-state index contributed by atoms with van der Waals surface area (Å²) in [5.41, 5.74) is 0.414. The van der Waals surface area contributed by atoms with E-state index in [9.17, 15) is 15.2 Å². The molecule has 0 bridgehead atoms. The summed E-state index contributed by atoms with van der Waals surface area (Å²) in [6, 6.07) is 4.44. The number of nitrogens with zero attached hydrogens (tertiary/aromatic N) is 1. The molecule has 5 heteroatoms. The molecular weight excluding hydrogens is 232 g/mol. The number of phenols is 1. The molecule has 0 spiro atoms. The van der Waals surface area contributed by atoms with Gasteiger partial charge in [0.15, 0.2) is 0 Å². The molecule has 1 aromatic carbocycles. The summed E-state index contributed by atoms with van der Waals surface area (Å²) in [6.45, 7) is 2.06. The molecule has 1 atom stereocenters. The minimum absolute atomic E-state index is 0.0696. The summed E-state index contributed by atoms with van der Waals surface area (Å²) in [7, 11) is 0. The van der Waals surface area contributed by atoms with Gasteiger partial charge in [-0.25, -0.2) is 0 Å². The van der Waals surface area contributed by atoms with Crippen LogP contribution < -0.4 is 5.32 Å². The van der Waals surface area contributed by atoms with E-state index in [0.29, 0.717) is 11.6 Å². The third-order valence-corrected chi connectivity index (χ3v) is 3.67. The topological polar surface area (TPSA) is 75.4 Å². The van der Waals surface area contributed by atoms with E-state index in [-0.39, 0.29) is 17.5 Å². The largest absolute Gasteiger partial charge is 0.508 e. The fraction of sp³-hybridized carbons (Fsp3) is 0.538. The highest BCUT2D eigenvalue weighted by molar-refractivity contribution is 5.64. The van der Waals surface area contributed by atoms with Gasteiger partial charge in [-0.15, -0.1) is 0 Å². The second-order valence-corrected chi connectivity index (χ2v) is 4.94. The molecule has 1 aliphatic carbocycles. The Morgan fingerprint density at radius 2 is 2.11 bits per heavy atom. The van der Waals surface area contributed by atoms with Gasteiger partial charge in [0.1, 0.15) is 11.4 Å². The second-order valence-electron chi connectivity index (χ2n) is 4.94. The molecule has 5 nitrogen and oxygen atoms in total. The van der Waals surface area contributed by atoms with Gasteiger partial charge in [0, 0.05) is 6.04 Å². The first-order chi connectivity index (χ1) is 8.58. The van der Waals surface area contributed by atoms with Gasteiger partial charge in [0.2, 0.25) is 0 Å². The highest BCUT2D eigenvalue weighted by Crippen LogP contribution is 2.33. The molecule has 1 fully saturated rings. The molecule has 1 aliphatic rings. The van der Waals surface area contributed by atoms with Crippen molar-refractivity contribution >= 4 is 11.4 Å². The van der Waals surface area contributed by atoms with Crippen molar-refractivity contribution in [1.82, 2.24) is 0 Å². The number of phenolic OH excluding ortho intramolecular Hbond substituents is 1. The normalized spacial score (nSPS) is 17.6. The maximum atomic E-state index is 10.9. The predicted molar refractivity (Wildman–Crippen MR) is 69.8 cm³/mol. The van der Waals surface area contributed by atoms with Gasteiger partial charge < -0.3 is 10.4 Å². The monoisotopic (exact) mass is 250 g/mol. The molecule has 0 aromatic heterocycles. The van der Waals surface area contributed by atoms with Gasteiger partial charge in [0.05, 0.1) is 11.0 Å². The molecule has 0 aliphatic heterocycles. The summed E-state index contributed by atoms with van der Waals surface area (Å²) in [5.74, 6) is 0.499. The average Bonchev–Trinajstić information content (AvgIpc) is 2.84. The van der Waals surface area contributed by atoms with E-state index in [1.807, 2.05) is 0 Å². The summed E-state index contributed by atoms with van der Waals surface area (Å²) >= 11 is 0. The smallest absolute Gasteiger partial charge is 0.296 e. The average molecular weight is 250 g/mol. The van der Waals surface area contributed by atoms with Crippen molar-refractivity contribution in [3.63, 3.8) is 0 Å². The lowest BCUT2D eigenvalue weighted by atomic mass is 9.99. The number of benzene rings is 1. The fourth-order valence-corrected chi connectivity index (χ4v) is 2.61. The molecule has 98 valence electrons. The van der Waals surface area contributed by atoms with Gasteiger partial charge >= 0.3 is 0 Å². The molecule has 18 heavy (non-hydrogen) atoms. The third kappa shape index (κ3) is 2.72. The van der Waals surface area contributed by atoms with E-state index in [1.54, 1.807) is 6.07 Å². The predicted octanol–water partition coefficient (Wildman–Crippen LogP) is 3.29. The molecule has 1 aromatic rings. The van der Waals surface area contributed by atoms with Gasteiger partial charge in [-0.3, -0.25) is 10.1 Å².